The van der Waals surface area contributed by atoms with Crippen LogP contribution in [0.5, 0.6) is 5.75 Å². The summed E-state index contributed by atoms with van der Waals surface area (Å²) in [5.74, 6) is -0.996. The van der Waals surface area contributed by atoms with Crippen LogP contribution in [0.3, 0.4) is 0 Å². The van der Waals surface area contributed by atoms with Gasteiger partial charge in [-0.2, -0.15) is 9.78 Å². The first kappa shape index (κ1) is 18.1. The van der Waals surface area contributed by atoms with Crippen molar-refractivity contribution in [2.75, 3.05) is 13.1 Å². The summed E-state index contributed by atoms with van der Waals surface area (Å²) >= 11 is 0. The van der Waals surface area contributed by atoms with Crippen LogP contribution in [-0.4, -0.2) is 49.5 Å². The standard InChI is InChI=1S/C19H23N3O4/c1-12-4-6-14(7-5-12)22-16(24)10-15(23)17(20-22)18(25)21-9-8-19(3,26)13(2)11-21/h4-7,10,13,23,26H,8-9,11H2,1-3H3/t13-,19+/m1/s1. The molecule has 0 spiro atoms. The number of aromatic hydroxyl groups is 1. The molecule has 2 N–H and O–H groups in total. The fourth-order valence-corrected chi connectivity index (χ4v) is 3.03. The molecule has 0 radical (unpaired) electrons. The van der Waals surface area contributed by atoms with Crippen molar-refractivity contribution in [3.8, 4) is 11.4 Å². The lowest BCUT2D eigenvalue weighted by molar-refractivity contribution is -0.0441. The van der Waals surface area contributed by atoms with Crippen molar-refractivity contribution in [3.05, 3.63) is 51.9 Å². The van der Waals surface area contributed by atoms with Gasteiger partial charge in [0.05, 0.1) is 11.3 Å². The van der Waals surface area contributed by atoms with Gasteiger partial charge in [-0.05, 0) is 32.4 Å². The lowest BCUT2D eigenvalue weighted by atomic mass is 9.84. The molecular formula is C19H23N3O4. The Balaban J connectivity index is 1.95. The molecular weight excluding hydrogens is 334 g/mol. The molecule has 0 aliphatic carbocycles. The van der Waals surface area contributed by atoms with E-state index in [1.165, 1.54) is 0 Å². The zero-order chi connectivity index (χ0) is 19.1. The Labute approximate surface area is 151 Å². The number of nitrogens with zero attached hydrogens (tertiary/aromatic N) is 3. The summed E-state index contributed by atoms with van der Waals surface area (Å²) in [5.41, 5.74) is 0.0417. The van der Waals surface area contributed by atoms with E-state index in [2.05, 4.69) is 5.10 Å². The summed E-state index contributed by atoms with van der Waals surface area (Å²) in [5, 5.41) is 24.5. The molecule has 1 amide bonds. The molecule has 7 nitrogen and oxygen atoms in total. The van der Waals surface area contributed by atoms with Crippen molar-refractivity contribution in [1.29, 1.82) is 0 Å². The van der Waals surface area contributed by atoms with Crippen LogP contribution < -0.4 is 5.56 Å². The van der Waals surface area contributed by atoms with Gasteiger partial charge >= 0.3 is 0 Å². The minimum absolute atomic E-state index is 0.106. The Morgan fingerprint density at radius 2 is 1.96 bits per heavy atom. The Kier molecular flexibility index (Phi) is 4.58. The number of rotatable bonds is 2. The molecule has 1 aromatic heterocycles. The van der Waals surface area contributed by atoms with Gasteiger partial charge in [0, 0.05) is 25.1 Å². The maximum atomic E-state index is 12.8. The highest BCUT2D eigenvalue weighted by Crippen LogP contribution is 2.28. The molecule has 138 valence electrons. The molecule has 1 aromatic carbocycles. The van der Waals surface area contributed by atoms with Crippen LogP contribution in [-0.2, 0) is 0 Å². The monoisotopic (exact) mass is 357 g/mol. The molecule has 1 aliphatic rings. The summed E-state index contributed by atoms with van der Waals surface area (Å²) in [6.07, 6.45) is 0.443. The van der Waals surface area contributed by atoms with Crippen molar-refractivity contribution in [3.63, 3.8) is 0 Å². The van der Waals surface area contributed by atoms with Crippen LogP contribution in [0.25, 0.3) is 5.69 Å². The van der Waals surface area contributed by atoms with E-state index < -0.39 is 22.8 Å². The predicted molar refractivity (Wildman–Crippen MR) is 96.5 cm³/mol. The van der Waals surface area contributed by atoms with E-state index in [1.54, 1.807) is 24.0 Å². The summed E-state index contributed by atoms with van der Waals surface area (Å²) in [7, 11) is 0. The van der Waals surface area contributed by atoms with Crippen LogP contribution in [0.1, 0.15) is 36.3 Å². The highest BCUT2D eigenvalue weighted by atomic mass is 16.3. The number of piperidine rings is 1. The Bertz CT molecular complexity index is 887. The van der Waals surface area contributed by atoms with Crippen LogP contribution in [0.2, 0.25) is 0 Å². The number of aliphatic hydroxyl groups is 1. The Hall–Kier alpha value is -2.67. The molecule has 7 heteroatoms. The van der Waals surface area contributed by atoms with Gasteiger partial charge < -0.3 is 15.1 Å². The van der Waals surface area contributed by atoms with Crippen molar-refractivity contribution < 1.29 is 15.0 Å². The van der Waals surface area contributed by atoms with E-state index >= 15 is 0 Å². The van der Waals surface area contributed by atoms with Gasteiger partial charge in [0.15, 0.2) is 11.4 Å². The van der Waals surface area contributed by atoms with Crippen molar-refractivity contribution in [2.24, 2.45) is 5.92 Å². The first-order chi connectivity index (χ1) is 12.2. The molecule has 0 unspecified atom stereocenters. The van der Waals surface area contributed by atoms with E-state index in [0.29, 0.717) is 25.2 Å². The molecule has 2 atom stereocenters. The van der Waals surface area contributed by atoms with Crippen molar-refractivity contribution in [2.45, 2.75) is 32.8 Å². The molecule has 0 saturated carbocycles. The number of amides is 1. The second kappa shape index (κ2) is 6.57. The highest BCUT2D eigenvalue weighted by Gasteiger charge is 2.37. The molecule has 2 aromatic rings. The minimum Gasteiger partial charge on any atom is -0.505 e. The Morgan fingerprint density at radius 1 is 1.31 bits per heavy atom. The molecule has 1 fully saturated rings. The molecule has 0 bridgehead atoms. The zero-order valence-corrected chi connectivity index (χ0v) is 15.1. The van der Waals surface area contributed by atoms with Crippen molar-refractivity contribution in [1.82, 2.24) is 14.7 Å². The summed E-state index contributed by atoms with van der Waals surface area (Å²) < 4.78 is 1.11. The predicted octanol–water partition coefficient (Wildman–Crippen LogP) is 1.48. The van der Waals surface area contributed by atoms with Gasteiger partial charge in [0.25, 0.3) is 11.5 Å². The number of likely N-dealkylation sites (tertiary alicyclic amines) is 1. The second-order valence-electron chi connectivity index (χ2n) is 7.22. The maximum absolute atomic E-state index is 12.8. The third-order valence-corrected chi connectivity index (χ3v) is 5.12. The first-order valence-electron chi connectivity index (χ1n) is 8.61. The van der Waals surface area contributed by atoms with Gasteiger partial charge in [-0.3, -0.25) is 9.59 Å². The normalized spacial score (nSPS) is 23.1. The van der Waals surface area contributed by atoms with Gasteiger partial charge in [-0.1, -0.05) is 24.6 Å². The maximum Gasteiger partial charge on any atom is 0.278 e. The summed E-state index contributed by atoms with van der Waals surface area (Å²) in [6, 6.07) is 8.15. The van der Waals surface area contributed by atoms with Gasteiger partial charge in [0.2, 0.25) is 0 Å². The molecule has 1 aliphatic heterocycles. The quantitative estimate of drug-likeness (QED) is 0.849. The molecule has 3 rings (SSSR count). The largest absolute Gasteiger partial charge is 0.505 e. The average Bonchev–Trinajstić information content (AvgIpc) is 2.58. The third kappa shape index (κ3) is 3.35. The van der Waals surface area contributed by atoms with E-state index in [1.807, 2.05) is 26.0 Å². The molecule has 26 heavy (non-hydrogen) atoms. The topological polar surface area (TPSA) is 95.7 Å². The van der Waals surface area contributed by atoms with Crippen LogP contribution in [0, 0.1) is 12.8 Å². The summed E-state index contributed by atoms with van der Waals surface area (Å²) in [6.45, 7) is 6.28. The summed E-state index contributed by atoms with van der Waals surface area (Å²) in [4.78, 5) is 26.6. The number of aryl methyl sites for hydroxylation is 1. The fraction of sp³-hybridized carbons (Fsp3) is 0.421. The minimum atomic E-state index is -0.826. The van der Waals surface area contributed by atoms with E-state index in [-0.39, 0.29) is 11.6 Å². The smallest absolute Gasteiger partial charge is 0.278 e. The SMILES string of the molecule is Cc1ccc(-n2nc(C(=O)N3CC[C@](C)(O)[C@H](C)C3)c(O)cc2=O)cc1. The third-order valence-electron chi connectivity index (χ3n) is 5.12. The fourth-order valence-electron chi connectivity index (χ4n) is 3.03. The molecule has 1 saturated heterocycles. The number of hydrogen-bond donors (Lipinski definition) is 2. The average molecular weight is 357 g/mol. The second-order valence-corrected chi connectivity index (χ2v) is 7.22. The lowest BCUT2D eigenvalue weighted by Gasteiger charge is -2.40. The van der Waals surface area contributed by atoms with Crippen LogP contribution in [0.4, 0.5) is 0 Å². The van der Waals surface area contributed by atoms with Crippen LogP contribution in [0.15, 0.2) is 35.1 Å². The molecule has 2 heterocycles. The highest BCUT2D eigenvalue weighted by molar-refractivity contribution is 5.94. The number of hydrogen-bond acceptors (Lipinski definition) is 5. The number of carbonyl (C=O) groups excluding carboxylic acids is 1. The number of aromatic nitrogens is 2. The van der Waals surface area contributed by atoms with E-state index in [0.717, 1.165) is 16.3 Å². The Morgan fingerprint density at radius 3 is 2.58 bits per heavy atom. The van der Waals surface area contributed by atoms with E-state index in [4.69, 9.17) is 0 Å². The first-order valence-corrected chi connectivity index (χ1v) is 8.61. The van der Waals surface area contributed by atoms with Crippen molar-refractivity contribution >= 4 is 5.91 Å². The lowest BCUT2D eigenvalue weighted by Crippen LogP contribution is -2.51. The number of benzene rings is 1. The van der Waals surface area contributed by atoms with Crippen LogP contribution >= 0.6 is 0 Å². The van der Waals surface area contributed by atoms with Gasteiger partial charge in [0.1, 0.15) is 0 Å². The number of carbonyl (C=O) groups is 1. The zero-order valence-electron chi connectivity index (χ0n) is 15.1. The van der Waals surface area contributed by atoms with Gasteiger partial charge in [-0.25, -0.2) is 0 Å². The van der Waals surface area contributed by atoms with Gasteiger partial charge in [-0.15, -0.1) is 0 Å². The van der Waals surface area contributed by atoms with E-state index in [9.17, 15) is 19.8 Å².